The van der Waals surface area contributed by atoms with Crippen LogP contribution in [0.1, 0.15) is 65.2 Å². The number of halogens is 1. The molecule has 6 heteroatoms. The van der Waals surface area contributed by atoms with E-state index in [-0.39, 0.29) is 24.0 Å². The number of rotatable bonds is 7. The van der Waals surface area contributed by atoms with E-state index in [0.717, 1.165) is 31.6 Å². The number of aliphatic imine (C=N–C) groups is 1. The summed E-state index contributed by atoms with van der Waals surface area (Å²) in [4.78, 5) is 6.94. The Balaban J connectivity index is 0.00000338. The molecule has 2 fully saturated rings. The van der Waals surface area contributed by atoms with Gasteiger partial charge in [-0.15, -0.1) is 24.0 Å². The van der Waals surface area contributed by atoms with Gasteiger partial charge in [-0.05, 0) is 52.0 Å². The van der Waals surface area contributed by atoms with Gasteiger partial charge in [0.15, 0.2) is 5.96 Å². The van der Waals surface area contributed by atoms with Crippen molar-refractivity contribution in [1.29, 1.82) is 0 Å². The van der Waals surface area contributed by atoms with Crippen LogP contribution in [-0.2, 0) is 4.74 Å². The highest BCUT2D eigenvalue weighted by Gasteiger charge is 2.21. The Hall–Kier alpha value is -0.0800. The second-order valence-corrected chi connectivity index (χ2v) is 7.96. The normalized spacial score (nSPS) is 23.4. The highest BCUT2D eigenvalue weighted by molar-refractivity contribution is 14.0. The number of nitrogens with one attached hydrogen (secondary N) is 2. The summed E-state index contributed by atoms with van der Waals surface area (Å²) in [5.74, 6) is 1.63. The molecule has 1 unspecified atom stereocenters. The van der Waals surface area contributed by atoms with Crippen molar-refractivity contribution in [3.05, 3.63) is 0 Å². The summed E-state index contributed by atoms with van der Waals surface area (Å²) in [5.41, 5.74) is 0. The summed E-state index contributed by atoms with van der Waals surface area (Å²) >= 11 is 0. The predicted octanol–water partition coefficient (Wildman–Crippen LogP) is 3.63. The molecule has 0 aromatic heterocycles. The lowest BCUT2D eigenvalue weighted by Gasteiger charge is -2.35. The third-order valence-electron chi connectivity index (χ3n) is 5.61. The fourth-order valence-corrected chi connectivity index (χ4v) is 4.00. The third-order valence-corrected chi connectivity index (χ3v) is 5.61. The van der Waals surface area contributed by atoms with Gasteiger partial charge in [0, 0.05) is 32.7 Å². The van der Waals surface area contributed by atoms with Gasteiger partial charge in [0.25, 0.3) is 0 Å². The van der Waals surface area contributed by atoms with Crippen LogP contribution in [0.25, 0.3) is 0 Å². The monoisotopic (exact) mass is 480 g/mol. The van der Waals surface area contributed by atoms with Crippen molar-refractivity contribution in [1.82, 2.24) is 15.5 Å². The number of piperidine rings is 1. The number of hydrogen-bond donors (Lipinski definition) is 2. The zero-order valence-corrected chi connectivity index (χ0v) is 19.5. The van der Waals surface area contributed by atoms with E-state index in [0.29, 0.717) is 12.1 Å². The predicted molar refractivity (Wildman–Crippen MR) is 122 cm³/mol. The van der Waals surface area contributed by atoms with Crippen LogP contribution in [0.2, 0.25) is 0 Å². The largest absolute Gasteiger partial charge is 0.376 e. The van der Waals surface area contributed by atoms with E-state index in [2.05, 4.69) is 34.4 Å². The minimum absolute atomic E-state index is 0. The fourth-order valence-electron chi connectivity index (χ4n) is 4.00. The van der Waals surface area contributed by atoms with Crippen molar-refractivity contribution in [3.63, 3.8) is 0 Å². The number of likely N-dealkylation sites (tertiary alicyclic amines) is 1. The van der Waals surface area contributed by atoms with Gasteiger partial charge in [-0.3, -0.25) is 4.99 Å². The lowest BCUT2D eigenvalue weighted by Crippen LogP contribution is -2.46. The molecule has 26 heavy (non-hydrogen) atoms. The Kier molecular flexibility index (Phi) is 12.9. The Labute approximate surface area is 178 Å². The van der Waals surface area contributed by atoms with E-state index in [9.17, 15) is 0 Å². The number of nitrogens with zero attached hydrogens (tertiary/aromatic N) is 2. The molecule has 0 spiro atoms. The van der Waals surface area contributed by atoms with Crippen LogP contribution in [0, 0.1) is 5.92 Å². The SMILES string of the molecule is CN=C(NCCOC1CCCCCC1)NCC1CCCN(C(C)C)C1.I. The van der Waals surface area contributed by atoms with E-state index in [4.69, 9.17) is 4.74 Å². The van der Waals surface area contributed by atoms with Crippen molar-refractivity contribution >= 4 is 29.9 Å². The topological polar surface area (TPSA) is 48.9 Å². The van der Waals surface area contributed by atoms with Gasteiger partial charge in [-0.1, -0.05) is 25.7 Å². The average Bonchev–Trinajstić information content (AvgIpc) is 2.90. The van der Waals surface area contributed by atoms with Crippen molar-refractivity contribution in [2.24, 2.45) is 10.9 Å². The van der Waals surface area contributed by atoms with E-state index in [1.54, 1.807) is 0 Å². The van der Waals surface area contributed by atoms with Crippen molar-refractivity contribution in [3.8, 4) is 0 Å². The average molecular weight is 480 g/mol. The maximum atomic E-state index is 6.04. The maximum absolute atomic E-state index is 6.04. The summed E-state index contributed by atoms with van der Waals surface area (Å²) in [6, 6.07) is 0.654. The number of hydrogen-bond acceptors (Lipinski definition) is 3. The minimum Gasteiger partial charge on any atom is -0.376 e. The fraction of sp³-hybridized carbons (Fsp3) is 0.950. The van der Waals surface area contributed by atoms with E-state index in [1.165, 1.54) is 64.5 Å². The van der Waals surface area contributed by atoms with Gasteiger partial charge < -0.3 is 20.3 Å². The smallest absolute Gasteiger partial charge is 0.191 e. The van der Waals surface area contributed by atoms with Gasteiger partial charge in [0.05, 0.1) is 12.7 Å². The first kappa shape index (κ1) is 24.0. The van der Waals surface area contributed by atoms with Crippen LogP contribution in [0.5, 0.6) is 0 Å². The van der Waals surface area contributed by atoms with Crippen molar-refractivity contribution in [2.75, 3.05) is 39.8 Å². The van der Waals surface area contributed by atoms with Crippen LogP contribution >= 0.6 is 24.0 Å². The molecule has 2 rings (SSSR count). The van der Waals surface area contributed by atoms with Crippen LogP contribution in [-0.4, -0.2) is 62.8 Å². The molecule has 0 aromatic rings. The molecule has 2 aliphatic rings. The van der Waals surface area contributed by atoms with Gasteiger partial charge in [-0.2, -0.15) is 0 Å². The minimum atomic E-state index is 0. The molecule has 0 radical (unpaired) electrons. The highest BCUT2D eigenvalue weighted by atomic mass is 127. The first-order valence-electron chi connectivity index (χ1n) is 10.5. The van der Waals surface area contributed by atoms with Gasteiger partial charge >= 0.3 is 0 Å². The molecule has 154 valence electrons. The second kappa shape index (κ2) is 14.0. The molecular weight excluding hydrogens is 439 g/mol. The molecule has 0 amide bonds. The number of guanidine groups is 1. The lowest BCUT2D eigenvalue weighted by molar-refractivity contribution is 0.0468. The lowest BCUT2D eigenvalue weighted by atomic mass is 9.97. The third kappa shape index (κ3) is 9.22. The zero-order chi connectivity index (χ0) is 17.9. The van der Waals surface area contributed by atoms with Crippen molar-refractivity contribution in [2.45, 2.75) is 77.4 Å². The first-order valence-corrected chi connectivity index (χ1v) is 10.5. The molecular formula is C20H41IN4O. The Morgan fingerprint density at radius 3 is 2.46 bits per heavy atom. The molecule has 1 saturated heterocycles. The summed E-state index contributed by atoms with van der Waals surface area (Å²) in [7, 11) is 1.85. The quantitative estimate of drug-likeness (QED) is 0.192. The molecule has 5 nitrogen and oxygen atoms in total. The van der Waals surface area contributed by atoms with Crippen LogP contribution in [0.4, 0.5) is 0 Å². The second-order valence-electron chi connectivity index (χ2n) is 7.96. The Morgan fingerprint density at radius 2 is 1.81 bits per heavy atom. The van der Waals surface area contributed by atoms with Gasteiger partial charge in [-0.25, -0.2) is 0 Å². The van der Waals surface area contributed by atoms with Crippen LogP contribution < -0.4 is 10.6 Å². The summed E-state index contributed by atoms with van der Waals surface area (Å²) in [6.07, 6.45) is 11.0. The van der Waals surface area contributed by atoms with Crippen molar-refractivity contribution < 1.29 is 4.74 Å². The molecule has 0 aromatic carbocycles. The zero-order valence-electron chi connectivity index (χ0n) is 17.1. The van der Waals surface area contributed by atoms with Crippen LogP contribution in [0.15, 0.2) is 4.99 Å². The first-order chi connectivity index (χ1) is 12.2. The summed E-state index contributed by atoms with van der Waals surface area (Å²) in [6.45, 7) is 9.66. The molecule has 2 N–H and O–H groups in total. The molecule has 1 atom stereocenters. The van der Waals surface area contributed by atoms with Gasteiger partial charge in [0.2, 0.25) is 0 Å². The Morgan fingerprint density at radius 1 is 1.08 bits per heavy atom. The summed E-state index contributed by atoms with van der Waals surface area (Å²) in [5, 5.41) is 6.90. The van der Waals surface area contributed by atoms with Gasteiger partial charge in [0.1, 0.15) is 0 Å². The molecule has 0 bridgehead atoms. The molecule has 1 aliphatic carbocycles. The van der Waals surface area contributed by atoms with Crippen LogP contribution in [0.3, 0.4) is 0 Å². The molecule has 1 aliphatic heterocycles. The standard InChI is InChI=1S/C20H40N4O.HI/c1-17(2)24-13-8-9-18(16-24)15-23-20(21-3)22-12-14-25-19-10-6-4-5-7-11-19;/h17-19H,4-16H2,1-3H3,(H2,21,22,23);1H. The van der Waals surface area contributed by atoms with E-state index in [1.807, 2.05) is 7.05 Å². The summed E-state index contributed by atoms with van der Waals surface area (Å²) < 4.78 is 6.04. The highest BCUT2D eigenvalue weighted by Crippen LogP contribution is 2.19. The number of ether oxygens (including phenoxy) is 1. The molecule has 1 saturated carbocycles. The maximum Gasteiger partial charge on any atom is 0.191 e. The molecule has 1 heterocycles. The van der Waals surface area contributed by atoms with E-state index >= 15 is 0 Å². The Bertz CT molecular complexity index is 384. The van der Waals surface area contributed by atoms with E-state index < -0.39 is 0 Å².